The monoisotopic (exact) mass is 824 g/mol. The van der Waals surface area contributed by atoms with Crippen molar-refractivity contribution < 1.29 is 56.1 Å². The van der Waals surface area contributed by atoms with Gasteiger partial charge < -0.3 is 34.3 Å². The number of nitrogens with one attached hydrogen (secondary N) is 1. The Labute approximate surface area is 336 Å². The molecule has 60 heavy (non-hydrogen) atoms. The van der Waals surface area contributed by atoms with Crippen molar-refractivity contribution in [2.24, 2.45) is 0 Å². The number of benzene rings is 4. The van der Waals surface area contributed by atoms with E-state index in [9.17, 15) is 51.7 Å². The van der Waals surface area contributed by atoms with Crippen LogP contribution < -0.4 is 15.0 Å². The van der Waals surface area contributed by atoms with Crippen molar-refractivity contribution in [3.05, 3.63) is 137 Å². The molecular weight excluding hydrogens is 795 g/mol. The molecule has 304 valence electrons. The molecule has 0 radical (unpaired) electrons. The van der Waals surface area contributed by atoms with Crippen molar-refractivity contribution in [3.8, 4) is 17.9 Å². The van der Waals surface area contributed by atoms with Crippen LogP contribution in [-0.4, -0.2) is 56.5 Å². The maximum atomic E-state index is 13.7. The summed E-state index contributed by atoms with van der Waals surface area (Å²) in [6.07, 6.45) is 0.607. The van der Waals surface area contributed by atoms with Gasteiger partial charge in [-0.3, -0.25) is 19.2 Å². The van der Waals surface area contributed by atoms with Crippen LogP contribution >= 0.6 is 0 Å². The summed E-state index contributed by atoms with van der Waals surface area (Å²) in [5.41, 5.74) is 0.976. The Morgan fingerprint density at radius 3 is 1.77 bits per heavy atom. The molecule has 13 nitrogen and oxygen atoms in total. The number of amides is 2. The number of fused-ring (bicyclic) bond motifs is 2. The first kappa shape index (κ1) is 42.9. The summed E-state index contributed by atoms with van der Waals surface area (Å²) in [6.45, 7) is -0.616. The molecular formula is C42H29F5N6O7. The first-order valence-corrected chi connectivity index (χ1v) is 17.2. The van der Waals surface area contributed by atoms with Crippen LogP contribution in [0.4, 0.5) is 33.3 Å². The van der Waals surface area contributed by atoms with Crippen LogP contribution in [0.25, 0.3) is 34.0 Å². The third-order valence-electron chi connectivity index (χ3n) is 8.50. The van der Waals surface area contributed by atoms with E-state index in [0.29, 0.717) is 39.0 Å². The lowest BCUT2D eigenvalue weighted by Crippen LogP contribution is -2.29. The molecule has 0 aliphatic heterocycles. The standard InChI is InChI=1S/C22H16F3N3O4.C20H13F2N3O3/c1-27(18-8-4-5-9-19(18)32-22(23,24)25)21(31)14(11-26)10-15-12-28(13-20(29)30)17-7-3-2-6-16(15)17;21-14-5-6-17(16(22)8-14)24-20(28)12(9-23)7-13-10-25(11-19(26)27)18-4-2-1-3-15(13)18/h2-10,12H,13H2,1H3,(H,29,30);1-8,10H,11H2,(H,24,28)(H,26,27)/b14-10+;12-7+. The van der Waals surface area contributed by atoms with Crippen LogP contribution in [0.2, 0.25) is 0 Å². The molecule has 3 N–H and O–H groups in total. The number of nitrogens with zero attached hydrogens (tertiary/aromatic N) is 5. The number of nitriles is 2. The quantitative estimate of drug-likeness (QED) is 0.0666. The number of rotatable bonds is 11. The normalized spacial score (nSPS) is 11.5. The number of carboxylic acids is 2. The van der Waals surface area contributed by atoms with Gasteiger partial charge in [-0.2, -0.15) is 10.5 Å². The third-order valence-corrected chi connectivity index (χ3v) is 8.50. The Balaban J connectivity index is 0.000000230. The maximum Gasteiger partial charge on any atom is 0.573 e. The van der Waals surface area contributed by atoms with Crippen LogP contribution in [0.15, 0.2) is 115 Å². The van der Waals surface area contributed by atoms with Gasteiger partial charge in [0.05, 0.1) is 11.4 Å². The molecule has 18 heteroatoms. The lowest BCUT2D eigenvalue weighted by Gasteiger charge is -2.21. The van der Waals surface area contributed by atoms with Gasteiger partial charge >= 0.3 is 18.3 Å². The van der Waals surface area contributed by atoms with Gasteiger partial charge in [0.1, 0.15) is 48.0 Å². The number of alkyl halides is 3. The number of likely N-dealkylation sites (N-methyl/N-ethyl adjacent to an activating group) is 1. The molecule has 2 heterocycles. The number of anilines is 2. The molecule has 6 rings (SSSR count). The second-order valence-corrected chi connectivity index (χ2v) is 12.5. The number of aliphatic carboxylic acids is 2. The highest BCUT2D eigenvalue weighted by Crippen LogP contribution is 2.33. The topological polar surface area (TPSA) is 191 Å². The molecule has 0 atom stereocenters. The fraction of sp³-hybridized carbons (Fsp3) is 0.0952. The molecule has 2 amide bonds. The second kappa shape index (κ2) is 18.3. The van der Waals surface area contributed by atoms with Crippen LogP contribution in [0, 0.1) is 34.3 Å². The Bertz CT molecular complexity index is 2790. The number of ether oxygens (including phenoxy) is 1. The van der Waals surface area contributed by atoms with E-state index in [0.717, 1.165) is 23.1 Å². The molecule has 0 saturated heterocycles. The zero-order chi connectivity index (χ0) is 43.7. The van der Waals surface area contributed by atoms with Crippen LogP contribution in [0.5, 0.6) is 5.75 Å². The van der Waals surface area contributed by atoms with Crippen molar-refractivity contribution in [2.75, 3.05) is 17.3 Å². The van der Waals surface area contributed by atoms with Gasteiger partial charge in [0.25, 0.3) is 11.8 Å². The molecule has 0 aliphatic rings. The van der Waals surface area contributed by atoms with E-state index in [1.54, 1.807) is 60.7 Å². The SMILES string of the molecule is CN(C(=O)/C(C#N)=C/c1cn(CC(=O)O)c2ccccc12)c1ccccc1OC(F)(F)F.N#C/C(=C\c1cn(CC(=O)O)c2ccccc12)C(=O)Nc1ccc(F)cc1F. The first-order valence-electron chi connectivity index (χ1n) is 17.2. The van der Waals surface area contributed by atoms with Gasteiger partial charge in [-0.1, -0.05) is 48.5 Å². The van der Waals surface area contributed by atoms with Gasteiger partial charge in [-0.05, 0) is 48.6 Å². The highest BCUT2D eigenvalue weighted by molar-refractivity contribution is 6.13. The molecule has 0 unspecified atom stereocenters. The Morgan fingerprint density at radius 1 is 0.767 bits per heavy atom. The van der Waals surface area contributed by atoms with E-state index >= 15 is 0 Å². The molecule has 0 spiro atoms. The first-order chi connectivity index (χ1) is 28.5. The van der Waals surface area contributed by atoms with E-state index < -0.39 is 47.5 Å². The fourth-order valence-corrected chi connectivity index (χ4v) is 5.95. The van der Waals surface area contributed by atoms with Gasteiger partial charge in [-0.25, -0.2) is 8.78 Å². The predicted octanol–water partition coefficient (Wildman–Crippen LogP) is 7.74. The van der Waals surface area contributed by atoms with E-state index in [2.05, 4.69) is 10.1 Å². The Kier molecular flexibility index (Phi) is 13.1. The Morgan fingerprint density at radius 2 is 1.27 bits per heavy atom. The minimum Gasteiger partial charge on any atom is -0.480 e. The fourth-order valence-electron chi connectivity index (χ4n) is 5.95. The molecule has 0 aliphatic carbocycles. The lowest BCUT2D eigenvalue weighted by molar-refractivity contribution is -0.274. The number of halogens is 5. The minimum atomic E-state index is -4.96. The van der Waals surface area contributed by atoms with Crippen molar-refractivity contribution in [1.82, 2.24) is 9.13 Å². The van der Waals surface area contributed by atoms with Gasteiger partial charge in [-0.15, -0.1) is 13.2 Å². The Hall–Kier alpha value is -8.25. The smallest absolute Gasteiger partial charge is 0.480 e. The van der Waals surface area contributed by atoms with E-state index in [1.807, 2.05) is 0 Å². The van der Waals surface area contributed by atoms with Crippen molar-refractivity contribution >= 4 is 69.1 Å². The van der Waals surface area contributed by atoms with E-state index in [-0.39, 0.29) is 35.6 Å². The number of aromatic nitrogens is 2. The number of carbonyl (C=O) groups excluding carboxylic acids is 2. The molecule has 0 saturated carbocycles. The number of carboxylic acid groups (broad SMARTS) is 2. The van der Waals surface area contributed by atoms with Crippen molar-refractivity contribution in [2.45, 2.75) is 19.5 Å². The number of para-hydroxylation sites is 4. The molecule has 6 aromatic rings. The zero-order valence-corrected chi connectivity index (χ0v) is 30.9. The predicted molar refractivity (Wildman–Crippen MR) is 208 cm³/mol. The third kappa shape index (κ3) is 10.4. The number of carbonyl (C=O) groups is 4. The summed E-state index contributed by atoms with van der Waals surface area (Å²) in [7, 11) is 1.22. The highest BCUT2D eigenvalue weighted by atomic mass is 19.4. The molecule has 2 aromatic heterocycles. The summed E-state index contributed by atoms with van der Waals surface area (Å²) in [4.78, 5) is 48.3. The van der Waals surface area contributed by atoms with Gasteiger partial charge in [0.2, 0.25) is 0 Å². The zero-order valence-electron chi connectivity index (χ0n) is 30.9. The van der Waals surface area contributed by atoms with Crippen molar-refractivity contribution in [3.63, 3.8) is 0 Å². The molecule has 4 aromatic carbocycles. The number of hydrogen-bond donors (Lipinski definition) is 3. The van der Waals surface area contributed by atoms with Gasteiger partial charge in [0, 0.05) is 58.4 Å². The number of hydrogen-bond acceptors (Lipinski definition) is 7. The van der Waals surface area contributed by atoms with Gasteiger partial charge in [0.15, 0.2) is 5.75 Å². The summed E-state index contributed by atoms with van der Waals surface area (Å²) < 4.78 is 71.7. The van der Waals surface area contributed by atoms with E-state index in [4.69, 9.17) is 10.2 Å². The van der Waals surface area contributed by atoms with E-state index in [1.165, 1.54) is 58.9 Å². The minimum absolute atomic E-state index is 0.177. The summed E-state index contributed by atoms with van der Waals surface area (Å²) in [5.74, 6) is -6.20. The highest BCUT2D eigenvalue weighted by Gasteiger charge is 2.33. The average Bonchev–Trinajstić information content (AvgIpc) is 3.72. The average molecular weight is 825 g/mol. The summed E-state index contributed by atoms with van der Waals surface area (Å²) in [6, 6.07) is 25.0. The van der Waals surface area contributed by atoms with Crippen LogP contribution in [-0.2, 0) is 32.3 Å². The largest absolute Gasteiger partial charge is 0.573 e. The van der Waals surface area contributed by atoms with Crippen molar-refractivity contribution in [1.29, 1.82) is 10.5 Å². The second-order valence-electron chi connectivity index (χ2n) is 12.5. The van der Waals surface area contributed by atoms with Crippen LogP contribution in [0.1, 0.15) is 11.1 Å². The maximum absolute atomic E-state index is 13.7. The molecule has 0 fully saturated rings. The van der Waals surface area contributed by atoms with Crippen LogP contribution in [0.3, 0.4) is 0 Å². The lowest BCUT2D eigenvalue weighted by atomic mass is 10.1. The summed E-state index contributed by atoms with van der Waals surface area (Å²) in [5, 5.41) is 40.5. The summed E-state index contributed by atoms with van der Waals surface area (Å²) >= 11 is 0. The molecule has 0 bridgehead atoms.